The summed E-state index contributed by atoms with van der Waals surface area (Å²) in [5.74, 6) is -18.9. The highest BCUT2D eigenvalue weighted by Crippen LogP contribution is 2.17. The van der Waals surface area contributed by atoms with Crippen molar-refractivity contribution in [1.82, 2.24) is 90.4 Å². The van der Waals surface area contributed by atoms with Gasteiger partial charge in [-0.3, -0.25) is 86.3 Å². The number of nitrogens with two attached hydrogens (primary N) is 6. The number of carbonyl (C=O) groups is 19. The number of hydrogen-bond donors (Lipinski definition) is 26. The zero-order valence-corrected chi connectivity index (χ0v) is 81.7. The molecule has 0 spiro atoms. The summed E-state index contributed by atoms with van der Waals surface area (Å²) in [4.78, 5) is 262. The lowest BCUT2D eigenvalue weighted by Crippen LogP contribution is -2.60. The lowest BCUT2D eigenvalue weighted by Gasteiger charge is -2.28. The van der Waals surface area contributed by atoms with Gasteiger partial charge >= 0.3 is 5.97 Å². The van der Waals surface area contributed by atoms with Gasteiger partial charge in [0.25, 0.3) is 0 Å². The minimum absolute atomic E-state index is 0.0290. The van der Waals surface area contributed by atoms with Gasteiger partial charge in [0.05, 0.1) is 38.8 Å². The van der Waals surface area contributed by atoms with Crippen LogP contribution in [0.15, 0.2) is 91.0 Å². The van der Waals surface area contributed by atoms with Gasteiger partial charge in [-0.25, -0.2) is 4.79 Å². The van der Waals surface area contributed by atoms with Crippen LogP contribution >= 0.6 is 11.8 Å². The molecular formula is C93H149N23O22S. The van der Waals surface area contributed by atoms with E-state index in [1.807, 2.05) is 25.2 Å². The van der Waals surface area contributed by atoms with Crippen molar-refractivity contribution in [3.63, 3.8) is 0 Å². The topological polar surface area (TPSA) is 746 Å². The number of benzene rings is 3. The fourth-order valence-corrected chi connectivity index (χ4v) is 14.6. The minimum Gasteiger partial charge on any atom is -0.480 e. The predicted molar refractivity (Wildman–Crippen MR) is 519 cm³/mol. The molecule has 3 aromatic carbocycles. The molecule has 45 nitrogen and oxygen atoms in total. The van der Waals surface area contributed by atoms with Crippen molar-refractivity contribution in [1.29, 1.82) is 0 Å². The molecule has 0 saturated carbocycles. The summed E-state index contributed by atoms with van der Waals surface area (Å²) >= 11 is 1.29. The van der Waals surface area contributed by atoms with E-state index in [1.54, 1.807) is 119 Å². The molecule has 46 heteroatoms. The van der Waals surface area contributed by atoms with Gasteiger partial charge in [0.15, 0.2) is 0 Å². The van der Waals surface area contributed by atoms with Crippen LogP contribution in [-0.4, -0.2) is 289 Å². The average Bonchev–Trinajstić information content (AvgIpc) is 0.858. The number of thioether (sulfide) groups is 1. The van der Waals surface area contributed by atoms with Crippen LogP contribution in [0, 0.1) is 17.8 Å². The number of rotatable bonds is 69. The second-order valence-corrected chi connectivity index (χ2v) is 35.9. The van der Waals surface area contributed by atoms with Crippen LogP contribution in [0.2, 0.25) is 0 Å². The summed E-state index contributed by atoms with van der Waals surface area (Å²) in [6.07, 6.45) is 3.85. The number of aliphatic hydroxyl groups is 2. The standard InChI is InChI=1S/C93H149N23O22S/c1-10-55(6)77(92(136)108-66(38-43-139-9)86(130)112-70(48-73(99)119)88(132)114-72(52-118)93(137)138)115-75(121)50-101-91(135)76(54(4)5)116-89(133)69(47-60-32-18-13-19-33-60)109-79(123)57(8)102-82(126)62(34-20-24-39-94)104-74(120)49-100-81(125)68(46-59-30-16-12-17-31-59)111-84(128)64(36-22-26-41-96)106-83(127)63(35-21-25-40-95)105-78(122)56(7)103-90(134)71(51-117)113-85(129)65(37-23-27-42-97)107-87(131)67(44-53(2)3)110-80(124)61(98)45-58-28-14-11-15-29-58/h11-19,28-33,53-57,61-72,76-77,117-118H,10,20-27,34-52,94-98H2,1-9H3,(H2,99,119)(H,100,125)(H,101,135)(H,102,126)(H,103,134)(H,104,120)(H,105,122)(H,106,127)(H,107,131)(H,108,136)(H,109,123)(H,110,124)(H,111,128)(H,112,130)(H,113,129)(H,114,132)(H,115,121)(H,116,133)(H,137,138)/t55-,56-,57-,61-,62-,63-,64-,65-,66-,67-,68-,69-,70-,71-,72-,76-,77-/m0/s1. The van der Waals surface area contributed by atoms with Crippen LogP contribution in [0.1, 0.15) is 175 Å². The number of nitrogens with one attached hydrogen (secondary N) is 17. The van der Waals surface area contributed by atoms with Crippen LogP contribution in [0.4, 0.5) is 0 Å². The molecule has 0 aliphatic carbocycles. The van der Waals surface area contributed by atoms with Crippen molar-refractivity contribution >= 4 is 124 Å². The molecule has 17 atom stereocenters. The van der Waals surface area contributed by atoms with E-state index in [4.69, 9.17) is 34.4 Å². The Bertz CT molecular complexity index is 4440. The summed E-state index contributed by atoms with van der Waals surface area (Å²) in [6, 6.07) is 3.18. The number of primary amides is 1. The Morgan fingerprint density at radius 1 is 0.338 bits per heavy atom. The lowest BCUT2D eigenvalue weighted by molar-refractivity contribution is -0.143. The van der Waals surface area contributed by atoms with Gasteiger partial charge in [-0.2, -0.15) is 11.8 Å². The number of unbranched alkanes of at least 4 members (excludes halogenated alkanes) is 4. The molecule has 3 rings (SSSR count). The lowest BCUT2D eigenvalue weighted by atomic mass is 9.97. The molecule has 0 bridgehead atoms. The number of carboxylic acids is 1. The minimum atomic E-state index is -1.80. The number of carboxylic acid groups (broad SMARTS) is 1. The molecule has 139 heavy (non-hydrogen) atoms. The summed E-state index contributed by atoms with van der Waals surface area (Å²) in [7, 11) is 0. The Morgan fingerprint density at radius 2 is 0.669 bits per heavy atom. The normalized spacial score (nSPS) is 14.8. The van der Waals surface area contributed by atoms with Crippen molar-refractivity contribution in [2.24, 2.45) is 52.2 Å². The van der Waals surface area contributed by atoms with Gasteiger partial charge < -0.3 is 140 Å². The van der Waals surface area contributed by atoms with Crippen molar-refractivity contribution in [2.45, 2.75) is 274 Å². The first-order valence-electron chi connectivity index (χ1n) is 47.1. The van der Waals surface area contributed by atoms with Gasteiger partial charge in [0.2, 0.25) is 106 Å². The van der Waals surface area contributed by atoms with E-state index in [0.717, 1.165) is 5.56 Å². The molecule has 3 aromatic rings. The number of hydrogen-bond acceptors (Lipinski definition) is 27. The Balaban J connectivity index is 1.82. The first-order chi connectivity index (χ1) is 66.1. The molecule has 0 aliphatic rings. The Kier molecular flexibility index (Phi) is 57.6. The van der Waals surface area contributed by atoms with Crippen molar-refractivity contribution < 1.29 is 106 Å². The third-order valence-electron chi connectivity index (χ3n) is 22.4. The van der Waals surface area contributed by atoms with E-state index in [-0.39, 0.29) is 115 Å². The van der Waals surface area contributed by atoms with Crippen LogP contribution in [-0.2, 0) is 110 Å². The van der Waals surface area contributed by atoms with E-state index in [1.165, 1.54) is 25.6 Å². The van der Waals surface area contributed by atoms with Crippen molar-refractivity contribution in [2.75, 3.05) is 64.5 Å². The molecule has 0 radical (unpaired) electrons. The maximum atomic E-state index is 14.7. The summed E-state index contributed by atoms with van der Waals surface area (Å²) in [6.45, 7) is 10.0. The molecule has 32 N–H and O–H groups in total. The molecule has 0 aromatic heterocycles. The van der Waals surface area contributed by atoms with Gasteiger partial charge in [-0.15, -0.1) is 0 Å². The van der Waals surface area contributed by atoms with Gasteiger partial charge in [-0.1, -0.05) is 139 Å². The first-order valence-corrected chi connectivity index (χ1v) is 48.5. The van der Waals surface area contributed by atoms with Crippen LogP contribution in [0.5, 0.6) is 0 Å². The second-order valence-electron chi connectivity index (χ2n) is 34.9. The van der Waals surface area contributed by atoms with E-state index >= 15 is 0 Å². The van der Waals surface area contributed by atoms with Crippen molar-refractivity contribution in [3.05, 3.63) is 108 Å². The van der Waals surface area contributed by atoms with Gasteiger partial charge in [-0.05, 0) is 183 Å². The molecule has 0 saturated heterocycles. The van der Waals surface area contributed by atoms with Gasteiger partial charge in [0.1, 0.15) is 90.6 Å². The predicted octanol–water partition coefficient (Wildman–Crippen LogP) is -5.45. The number of carbonyl (C=O) groups excluding carboxylic acids is 18. The summed E-state index contributed by atoms with van der Waals surface area (Å²) < 4.78 is 0. The smallest absolute Gasteiger partial charge is 0.328 e. The molecule has 0 unspecified atom stereocenters. The number of amides is 18. The summed E-state index contributed by atoms with van der Waals surface area (Å²) in [5.41, 5.74) is 36.8. The van der Waals surface area contributed by atoms with Crippen LogP contribution in [0.3, 0.4) is 0 Å². The number of aliphatic hydroxyl groups excluding tert-OH is 2. The Morgan fingerprint density at radius 3 is 1.08 bits per heavy atom. The van der Waals surface area contributed by atoms with Crippen molar-refractivity contribution in [3.8, 4) is 0 Å². The van der Waals surface area contributed by atoms with E-state index in [2.05, 4.69) is 85.1 Å². The average molecular weight is 1970 g/mol. The molecule has 0 fully saturated rings. The zero-order valence-electron chi connectivity index (χ0n) is 80.9. The summed E-state index contributed by atoms with van der Waals surface area (Å²) in [5, 5.41) is 72.6. The highest BCUT2D eigenvalue weighted by molar-refractivity contribution is 7.98. The fourth-order valence-electron chi connectivity index (χ4n) is 14.2. The van der Waals surface area contributed by atoms with Gasteiger partial charge in [0, 0.05) is 12.8 Å². The Hall–Kier alpha value is -12.3. The molecular weight excluding hydrogens is 1820 g/mol. The van der Waals surface area contributed by atoms with E-state index in [9.17, 15) is 106 Å². The second kappa shape index (κ2) is 66.3. The molecule has 774 valence electrons. The monoisotopic (exact) mass is 1970 g/mol. The molecule has 0 aliphatic heterocycles. The fraction of sp³-hybridized carbons (Fsp3) is 0.602. The van der Waals surface area contributed by atoms with E-state index in [0.29, 0.717) is 49.7 Å². The SMILES string of the molecule is CC[C@H](C)[C@H](NC(=O)CNC(=O)[C@@H](NC(=O)[C@H](Cc1ccccc1)NC(=O)[C@H](C)NC(=O)[C@H](CCCCN)NC(=O)CNC(=O)[C@H](Cc1ccccc1)NC(=O)[C@H](CCCCN)NC(=O)[C@H](CCCCN)NC(=O)[C@H](C)NC(=O)[C@H](CO)NC(=O)[C@H](CCCCN)NC(=O)[C@H](CC(C)C)NC(=O)[C@@H](N)Cc1ccccc1)C(C)C)C(=O)N[C@@H](CCSC)C(=O)N[C@@H](CC(N)=O)C(=O)N[C@@H](CO)C(=O)O. The maximum absolute atomic E-state index is 14.7. The number of aliphatic carboxylic acids is 1. The molecule has 18 amide bonds. The van der Waals surface area contributed by atoms with Crippen LogP contribution in [0.25, 0.3) is 0 Å². The Labute approximate surface area is 815 Å². The van der Waals surface area contributed by atoms with Crippen LogP contribution < -0.4 is 125 Å². The highest BCUT2D eigenvalue weighted by Gasteiger charge is 2.39. The first kappa shape index (κ1) is 121. The highest BCUT2D eigenvalue weighted by atomic mass is 32.2. The quantitative estimate of drug-likeness (QED) is 0.0235. The van der Waals surface area contributed by atoms with E-state index < -0.39 is 254 Å². The largest absolute Gasteiger partial charge is 0.480 e. The third-order valence-corrected chi connectivity index (χ3v) is 23.1. The maximum Gasteiger partial charge on any atom is 0.328 e. The zero-order chi connectivity index (χ0) is 104. The molecule has 0 heterocycles. The third kappa shape index (κ3) is 46.3.